The average Bonchev–Trinajstić information content (AvgIpc) is 2.96. The molecule has 0 spiro atoms. The molecular weight excluding hydrogens is 321 g/mol. The molecule has 0 aliphatic carbocycles. The number of nitrogens with zero attached hydrogens (tertiary/aromatic N) is 3. The van der Waals surface area contributed by atoms with Crippen LogP contribution in [0.5, 0.6) is 0 Å². The van der Waals surface area contributed by atoms with E-state index >= 15 is 0 Å². The Balaban J connectivity index is 1.74. The fraction of sp³-hybridized carbons (Fsp3) is 0.467. The van der Waals surface area contributed by atoms with Crippen LogP contribution < -0.4 is 0 Å². The summed E-state index contributed by atoms with van der Waals surface area (Å²) in [6.07, 6.45) is 1.25. The Morgan fingerprint density at radius 1 is 1.22 bits per heavy atom. The van der Waals surface area contributed by atoms with Gasteiger partial charge in [-0.3, -0.25) is 0 Å². The first-order chi connectivity index (χ1) is 10.9. The van der Waals surface area contributed by atoms with Crippen LogP contribution in [0.25, 0.3) is 0 Å². The Morgan fingerprint density at radius 3 is 2.48 bits per heavy atom. The smallest absolute Gasteiger partial charge is 0.243 e. The third kappa shape index (κ3) is 3.13. The zero-order chi connectivity index (χ0) is 16.6. The lowest BCUT2D eigenvalue weighted by Crippen LogP contribution is -2.38. The summed E-state index contributed by atoms with van der Waals surface area (Å²) in [5.41, 5.74) is 0.322. The van der Waals surface area contributed by atoms with E-state index < -0.39 is 15.8 Å². The lowest BCUT2D eigenvalue weighted by molar-refractivity contribution is 0.288. The zero-order valence-corrected chi connectivity index (χ0v) is 13.8. The third-order valence-corrected chi connectivity index (χ3v) is 6.01. The average molecular weight is 339 g/mol. The molecule has 2 heterocycles. The molecule has 1 aliphatic heterocycles. The monoisotopic (exact) mass is 339 g/mol. The van der Waals surface area contributed by atoms with Gasteiger partial charge in [0.25, 0.3) is 0 Å². The molecule has 1 fully saturated rings. The molecule has 0 N–H and O–H groups in total. The fourth-order valence-corrected chi connectivity index (χ4v) is 4.30. The summed E-state index contributed by atoms with van der Waals surface area (Å²) in [6.45, 7) is 4.04. The van der Waals surface area contributed by atoms with E-state index in [0.29, 0.717) is 43.3 Å². The summed E-state index contributed by atoms with van der Waals surface area (Å²) in [6, 6.07) is 3.87. The van der Waals surface area contributed by atoms with Crippen molar-refractivity contribution in [1.82, 2.24) is 14.5 Å². The van der Waals surface area contributed by atoms with Crippen molar-refractivity contribution in [2.45, 2.75) is 37.5 Å². The fourth-order valence-electron chi connectivity index (χ4n) is 2.75. The second-order valence-electron chi connectivity index (χ2n) is 5.75. The van der Waals surface area contributed by atoms with E-state index in [9.17, 15) is 12.8 Å². The summed E-state index contributed by atoms with van der Waals surface area (Å²) in [5.74, 6) is 0.751. The molecule has 0 saturated carbocycles. The van der Waals surface area contributed by atoms with Crippen LogP contribution >= 0.6 is 0 Å². The van der Waals surface area contributed by atoms with Gasteiger partial charge in [0, 0.05) is 25.9 Å². The van der Waals surface area contributed by atoms with Gasteiger partial charge in [-0.25, -0.2) is 12.8 Å². The molecule has 1 aromatic carbocycles. The van der Waals surface area contributed by atoms with Gasteiger partial charge in [-0.15, -0.1) is 10.2 Å². The molecule has 1 aliphatic rings. The Bertz CT molecular complexity index is 811. The predicted molar refractivity (Wildman–Crippen MR) is 80.9 cm³/mol. The van der Waals surface area contributed by atoms with Crippen LogP contribution in [0.4, 0.5) is 4.39 Å². The van der Waals surface area contributed by atoms with Crippen LogP contribution in [0.3, 0.4) is 0 Å². The molecule has 0 atom stereocenters. The van der Waals surface area contributed by atoms with Crippen molar-refractivity contribution in [3.8, 4) is 0 Å². The first-order valence-electron chi connectivity index (χ1n) is 7.44. The third-order valence-electron chi connectivity index (χ3n) is 4.11. The zero-order valence-electron chi connectivity index (χ0n) is 13.0. The topological polar surface area (TPSA) is 76.3 Å². The van der Waals surface area contributed by atoms with Crippen molar-refractivity contribution in [2.24, 2.45) is 0 Å². The Labute approximate surface area is 134 Å². The van der Waals surface area contributed by atoms with Gasteiger partial charge >= 0.3 is 0 Å². The maximum atomic E-state index is 13.3. The minimum Gasteiger partial charge on any atom is -0.425 e. The molecule has 6 nitrogen and oxygen atoms in total. The SMILES string of the molecule is Cc1nnc(C2CCN(S(=O)(=O)c3ccc(F)c(C)c3)CC2)o1. The molecule has 0 unspecified atom stereocenters. The van der Waals surface area contributed by atoms with Crippen molar-refractivity contribution in [3.63, 3.8) is 0 Å². The lowest BCUT2D eigenvalue weighted by Gasteiger charge is -2.29. The molecule has 8 heteroatoms. The van der Waals surface area contributed by atoms with Crippen molar-refractivity contribution in [1.29, 1.82) is 0 Å². The first-order valence-corrected chi connectivity index (χ1v) is 8.88. The molecule has 124 valence electrons. The first kappa shape index (κ1) is 16.1. The number of benzene rings is 1. The van der Waals surface area contributed by atoms with E-state index in [1.165, 1.54) is 22.5 Å². The van der Waals surface area contributed by atoms with Gasteiger partial charge in [0.15, 0.2) is 0 Å². The maximum Gasteiger partial charge on any atom is 0.243 e. The molecule has 0 radical (unpaired) electrons. The van der Waals surface area contributed by atoms with Crippen LogP contribution in [0.2, 0.25) is 0 Å². The predicted octanol–water partition coefficient (Wildman–Crippen LogP) is 2.39. The minimum atomic E-state index is -3.60. The summed E-state index contributed by atoms with van der Waals surface area (Å²) < 4.78 is 45.5. The lowest BCUT2D eigenvalue weighted by atomic mass is 9.98. The molecule has 0 bridgehead atoms. The second kappa shape index (κ2) is 6.01. The van der Waals surface area contributed by atoms with E-state index in [-0.39, 0.29) is 10.8 Å². The highest BCUT2D eigenvalue weighted by Gasteiger charge is 2.32. The number of hydrogen-bond donors (Lipinski definition) is 0. The van der Waals surface area contributed by atoms with Crippen molar-refractivity contribution in [2.75, 3.05) is 13.1 Å². The van der Waals surface area contributed by atoms with Gasteiger partial charge in [-0.2, -0.15) is 4.31 Å². The summed E-state index contributed by atoms with van der Waals surface area (Å²) in [5, 5.41) is 7.82. The summed E-state index contributed by atoms with van der Waals surface area (Å²) in [7, 11) is -3.60. The summed E-state index contributed by atoms with van der Waals surface area (Å²) >= 11 is 0. The van der Waals surface area contributed by atoms with E-state index in [2.05, 4.69) is 10.2 Å². The summed E-state index contributed by atoms with van der Waals surface area (Å²) in [4.78, 5) is 0.128. The number of piperidine rings is 1. The highest BCUT2D eigenvalue weighted by molar-refractivity contribution is 7.89. The molecule has 1 aromatic heterocycles. The number of sulfonamides is 1. The Hall–Kier alpha value is -1.80. The highest BCUT2D eigenvalue weighted by atomic mass is 32.2. The molecule has 23 heavy (non-hydrogen) atoms. The maximum absolute atomic E-state index is 13.3. The second-order valence-corrected chi connectivity index (χ2v) is 7.69. The van der Waals surface area contributed by atoms with E-state index in [0.717, 1.165) is 0 Å². The van der Waals surface area contributed by atoms with E-state index in [1.54, 1.807) is 13.8 Å². The minimum absolute atomic E-state index is 0.0811. The molecule has 0 amide bonds. The quantitative estimate of drug-likeness (QED) is 0.858. The number of halogens is 1. The van der Waals surface area contributed by atoms with Gasteiger partial charge in [0.05, 0.1) is 4.90 Å². The largest absolute Gasteiger partial charge is 0.425 e. The Morgan fingerprint density at radius 2 is 1.91 bits per heavy atom. The highest BCUT2D eigenvalue weighted by Crippen LogP contribution is 2.30. The van der Waals surface area contributed by atoms with Crippen LogP contribution in [-0.4, -0.2) is 36.0 Å². The van der Waals surface area contributed by atoms with E-state index in [1.807, 2.05) is 0 Å². The van der Waals surface area contributed by atoms with Crippen LogP contribution in [0.15, 0.2) is 27.5 Å². The van der Waals surface area contributed by atoms with Gasteiger partial charge in [-0.1, -0.05) is 0 Å². The number of rotatable bonds is 3. The van der Waals surface area contributed by atoms with E-state index in [4.69, 9.17) is 4.42 Å². The van der Waals surface area contributed by atoms with Gasteiger partial charge in [0.2, 0.25) is 21.8 Å². The van der Waals surface area contributed by atoms with Crippen molar-refractivity contribution in [3.05, 3.63) is 41.4 Å². The van der Waals surface area contributed by atoms with Crippen LogP contribution in [-0.2, 0) is 10.0 Å². The standard InChI is InChI=1S/C15H18FN3O3S/c1-10-9-13(3-4-14(10)16)23(20,21)19-7-5-12(6-8-19)15-18-17-11(2)22-15/h3-4,9,12H,5-8H2,1-2H3. The normalized spacial score (nSPS) is 17.5. The molecule has 1 saturated heterocycles. The van der Waals surface area contributed by atoms with Gasteiger partial charge < -0.3 is 4.42 Å². The van der Waals surface area contributed by atoms with Crippen LogP contribution in [0, 0.1) is 19.7 Å². The van der Waals surface area contributed by atoms with Crippen molar-refractivity contribution >= 4 is 10.0 Å². The number of aromatic nitrogens is 2. The molecule has 3 rings (SSSR count). The number of aryl methyl sites for hydroxylation is 2. The van der Waals surface area contributed by atoms with Gasteiger partial charge in [0.1, 0.15) is 5.82 Å². The van der Waals surface area contributed by atoms with Crippen molar-refractivity contribution < 1.29 is 17.2 Å². The number of hydrogen-bond acceptors (Lipinski definition) is 5. The van der Waals surface area contributed by atoms with Crippen LogP contribution in [0.1, 0.15) is 36.1 Å². The molecular formula is C15H18FN3O3S. The Kier molecular flexibility index (Phi) is 4.20. The van der Waals surface area contributed by atoms with Gasteiger partial charge in [-0.05, 0) is 43.5 Å². The molecule has 2 aromatic rings.